The topological polar surface area (TPSA) is 49.7 Å². The Labute approximate surface area is 89.6 Å². The normalized spacial score (nSPS) is 9.80. The molecule has 0 bridgehead atoms. The second kappa shape index (κ2) is 4.73. The van der Waals surface area contributed by atoms with Gasteiger partial charge >= 0.3 is 0 Å². The lowest BCUT2D eigenvalue weighted by Crippen LogP contribution is -1.88. The Morgan fingerprint density at radius 2 is 1.80 bits per heavy atom. The molecule has 0 amide bonds. The van der Waals surface area contributed by atoms with E-state index in [4.69, 9.17) is 4.74 Å². The first kappa shape index (κ1) is 11.4. The van der Waals surface area contributed by atoms with Gasteiger partial charge in [0.25, 0.3) is 0 Å². The Hall–Kier alpha value is -1.64. The quantitative estimate of drug-likeness (QED) is 0.751. The van der Waals surface area contributed by atoms with Crippen LogP contribution in [-0.4, -0.2) is 17.3 Å². The van der Waals surface area contributed by atoms with Gasteiger partial charge in [-0.25, -0.2) is 0 Å². The van der Waals surface area contributed by atoms with Gasteiger partial charge in [-0.1, -0.05) is 11.6 Å². The van der Waals surface area contributed by atoms with Gasteiger partial charge in [-0.15, -0.1) is 0 Å². The number of methoxy groups -OCH3 is 1. The van der Waals surface area contributed by atoms with E-state index in [9.17, 15) is 10.2 Å². The molecular weight excluding hydrogens is 192 g/mol. The lowest BCUT2D eigenvalue weighted by molar-refractivity contribution is 0.395. The average molecular weight is 208 g/mol. The maximum absolute atomic E-state index is 9.65. The van der Waals surface area contributed by atoms with Crippen molar-refractivity contribution in [1.82, 2.24) is 0 Å². The second-order valence-electron chi connectivity index (χ2n) is 3.63. The number of ether oxygens (including phenoxy) is 1. The molecule has 0 spiro atoms. The second-order valence-corrected chi connectivity index (χ2v) is 3.63. The first-order valence-corrected chi connectivity index (χ1v) is 4.76. The van der Waals surface area contributed by atoms with Crippen molar-refractivity contribution >= 4 is 0 Å². The molecule has 3 heteroatoms. The van der Waals surface area contributed by atoms with Crippen LogP contribution in [0.15, 0.2) is 23.8 Å². The maximum atomic E-state index is 9.65. The number of aromatic hydroxyl groups is 2. The third-order valence-corrected chi connectivity index (χ3v) is 2.13. The summed E-state index contributed by atoms with van der Waals surface area (Å²) in [6.45, 7) is 3.94. The van der Waals surface area contributed by atoms with Gasteiger partial charge in [0.2, 0.25) is 0 Å². The van der Waals surface area contributed by atoms with E-state index < -0.39 is 0 Å². The Morgan fingerprint density at radius 3 is 2.20 bits per heavy atom. The third-order valence-electron chi connectivity index (χ3n) is 2.13. The number of phenolic OH excluding ortho intramolecular Hbond substituents is 2. The van der Waals surface area contributed by atoms with E-state index in [1.807, 2.05) is 19.9 Å². The summed E-state index contributed by atoms with van der Waals surface area (Å²) in [5.41, 5.74) is 1.67. The van der Waals surface area contributed by atoms with Crippen molar-refractivity contribution in [2.45, 2.75) is 20.3 Å². The predicted molar refractivity (Wildman–Crippen MR) is 59.5 cm³/mol. The lowest BCUT2D eigenvalue weighted by Gasteiger charge is -2.08. The molecule has 0 aromatic heterocycles. The molecule has 3 nitrogen and oxygen atoms in total. The Bertz CT molecular complexity index is 353. The van der Waals surface area contributed by atoms with Crippen molar-refractivity contribution in [3.63, 3.8) is 0 Å². The van der Waals surface area contributed by atoms with Crippen LogP contribution < -0.4 is 4.74 Å². The van der Waals surface area contributed by atoms with Gasteiger partial charge in [-0.05, 0) is 20.3 Å². The largest absolute Gasteiger partial charge is 0.507 e. The van der Waals surface area contributed by atoms with Crippen molar-refractivity contribution in [3.8, 4) is 17.2 Å². The summed E-state index contributed by atoms with van der Waals surface area (Å²) >= 11 is 0. The lowest BCUT2D eigenvalue weighted by atomic mass is 10.1. The molecule has 1 aromatic carbocycles. The van der Waals surface area contributed by atoms with Crippen LogP contribution in [0.25, 0.3) is 0 Å². The van der Waals surface area contributed by atoms with Crippen LogP contribution in [0.5, 0.6) is 17.2 Å². The zero-order chi connectivity index (χ0) is 11.4. The third kappa shape index (κ3) is 2.91. The van der Waals surface area contributed by atoms with E-state index in [1.165, 1.54) is 19.2 Å². The molecule has 0 fully saturated rings. The van der Waals surface area contributed by atoms with Crippen LogP contribution >= 0.6 is 0 Å². The van der Waals surface area contributed by atoms with Crippen LogP contribution in [0.1, 0.15) is 19.4 Å². The molecule has 82 valence electrons. The van der Waals surface area contributed by atoms with E-state index >= 15 is 0 Å². The smallest absolute Gasteiger partial charge is 0.126 e. The highest BCUT2D eigenvalue weighted by Gasteiger charge is 2.08. The van der Waals surface area contributed by atoms with E-state index in [0.717, 1.165) is 5.57 Å². The number of phenols is 2. The van der Waals surface area contributed by atoms with Crippen LogP contribution in [0.4, 0.5) is 0 Å². The molecule has 0 saturated carbocycles. The average Bonchev–Trinajstić information content (AvgIpc) is 2.15. The van der Waals surface area contributed by atoms with Crippen molar-refractivity contribution in [2.75, 3.05) is 7.11 Å². The minimum absolute atomic E-state index is 0.0596. The van der Waals surface area contributed by atoms with Gasteiger partial charge in [0.05, 0.1) is 7.11 Å². The zero-order valence-corrected chi connectivity index (χ0v) is 9.24. The molecule has 0 aliphatic carbocycles. The minimum atomic E-state index is 0.0596. The molecule has 0 unspecified atom stereocenters. The fourth-order valence-electron chi connectivity index (χ4n) is 1.25. The first-order chi connectivity index (χ1) is 7.04. The number of hydrogen-bond acceptors (Lipinski definition) is 3. The van der Waals surface area contributed by atoms with Crippen molar-refractivity contribution in [1.29, 1.82) is 0 Å². The molecule has 0 saturated heterocycles. The Balaban J connectivity index is 3.03. The SMILES string of the molecule is COc1cc(O)c(CC=C(C)C)c(O)c1. The zero-order valence-electron chi connectivity index (χ0n) is 9.24. The summed E-state index contributed by atoms with van der Waals surface area (Å²) in [5.74, 6) is 0.569. The van der Waals surface area contributed by atoms with E-state index in [-0.39, 0.29) is 11.5 Å². The molecule has 0 heterocycles. The molecule has 15 heavy (non-hydrogen) atoms. The number of hydrogen-bond donors (Lipinski definition) is 2. The highest BCUT2D eigenvalue weighted by molar-refractivity contribution is 5.50. The highest BCUT2D eigenvalue weighted by Crippen LogP contribution is 2.32. The van der Waals surface area contributed by atoms with Crippen molar-refractivity contribution < 1.29 is 14.9 Å². The summed E-state index contributed by atoms with van der Waals surface area (Å²) in [4.78, 5) is 0. The fourth-order valence-corrected chi connectivity index (χ4v) is 1.25. The molecule has 1 aromatic rings. The molecule has 1 rings (SSSR count). The van der Waals surface area contributed by atoms with Gasteiger partial charge in [-0.3, -0.25) is 0 Å². The van der Waals surface area contributed by atoms with Crippen molar-refractivity contribution in [3.05, 3.63) is 29.3 Å². The van der Waals surface area contributed by atoms with Crippen molar-refractivity contribution in [2.24, 2.45) is 0 Å². The van der Waals surface area contributed by atoms with Crippen LogP contribution in [0, 0.1) is 0 Å². The molecule has 0 atom stereocenters. The van der Waals surface area contributed by atoms with Crippen LogP contribution in [0.2, 0.25) is 0 Å². The fraction of sp³-hybridized carbons (Fsp3) is 0.333. The molecule has 0 aliphatic heterocycles. The Morgan fingerprint density at radius 1 is 1.27 bits per heavy atom. The van der Waals surface area contributed by atoms with Crippen LogP contribution in [0.3, 0.4) is 0 Å². The van der Waals surface area contributed by atoms with E-state index in [1.54, 1.807) is 0 Å². The monoisotopic (exact) mass is 208 g/mol. The molecule has 0 aliphatic rings. The number of benzene rings is 1. The number of rotatable bonds is 3. The summed E-state index contributed by atoms with van der Waals surface area (Å²) in [6, 6.07) is 2.99. The predicted octanol–water partition coefficient (Wildman–Crippen LogP) is 2.62. The highest BCUT2D eigenvalue weighted by atomic mass is 16.5. The number of allylic oxidation sites excluding steroid dienone is 2. The summed E-state index contributed by atoms with van der Waals surface area (Å²) < 4.78 is 4.92. The van der Waals surface area contributed by atoms with E-state index in [0.29, 0.717) is 17.7 Å². The standard InChI is InChI=1S/C12H16O3/c1-8(2)4-5-10-11(13)6-9(15-3)7-12(10)14/h4,6-7,13-14H,5H2,1-3H3. The van der Waals surface area contributed by atoms with Crippen LogP contribution in [-0.2, 0) is 6.42 Å². The first-order valence-electron chi connectivity index (χ1n) is 4.76. The van der Waals surface area contributed by atoms with E-state index in [2.05, 4.69) is 0 Å². The van der Waals surface area contributed by atoms with Gasteiger partial charge in [0.1, 0.15) is 17.2 Å². The summed E-state index contributed by atoms with van der Waals surface area (Å²) in [7, 11) is 1.49. The Kier molecular flexibility index (Phi) is 3.61. The summed E-state index contributed by atoms with van der Waals surface area (Å²) in [5, 5.41) is 19.3. The molecular formula is C12H16O3. The van der Waals surface area contributed by atoms with Gasteiger partial charge < -0.3 is 14.9 Å². The molecule has 2 N–H and O–H groups in total. The maximum Gasteiger partial charge on any atom is 0.126 e. The van der Waals surface area contributed by atoms with Gasteiger partial charge in [-0.2, -0.15) is 0 Å². The van der Waals surface area contributed by atoms with Gasteiger partial charge in [0, 0.05) is 17.7 Å². The minimum Gasteiger partial charge on any atom is -0.507 e. The van der Waals surface area contributed by atoms with Gasteiger partial charge in [0.15, 0.2) is 0 Å². The summed E-state index contributed by atoms with van der Waals surface area (Å²) in [6.07, 6.45) is 2.46. The molecule has 0 radical (unpaired) electrons.